The minimum atomic E-state index is 0.173. The second kappa shape index (κ2) is 6.27. The van der Waals surface area contributed by atoms with Crippen molar-refractivity contribution in [3.05, 3.63) is 30.3 Å². The van der Waals surface area contributed by atoms with E-state index in [-0.39, 0.29) is 11.8 Å². The van der Waals surface area contributed by atoms with Gasteiger partial charge in [-0.25, -0.2) is 0 Å². The van der Waals surface area contributed by atoms with Crippen LogP contribution >= 0.6 is 0 Å². The summed E-state index contributed by atoms with van der Waals surface area (Å²) in [6.07, 6.45) is 3.30. The van der Waals surface area contributed by atoms with E-state index in [4.69, 9.17) is 4.74 Å². The highest BCUT2D eigenvalue weighted by atomic mass is 16.5. The molecule has 108 valence electrons. The van der Waals surface area contributed by atoms with E-state index in [0.717, 1.165) is 44.6 Å². The number of amides is 1. The molecule has 1 heterocycles. The molecule has 1 saturated carbocycles. The average molecular weight is 274 g/mol. The Morgan fingerprint density at radius 2 is 2.05 bits per heavy atom. The molecule has 0 bridgehead atoms. The Balaban J connectivity index is 1.36. The summed E-state index contributed by atoms with van der Waals surface area (Å²) in [6, 6.07) is 10.3. The van der Waals surface area contributed by atoms with Crippen LogP contribution in [0.15, 0.2) is 30.3 Å². The molecule has 3 rings (SSSR count). The SMILES string of the molecule is O=C(NC1CC1)C1CCN(CCOc2ccccc2)C1. The minimum absolute atomic E-state index is 0.173. The van der Waals surface area contributed by atoms with E-state index in [1.54, 1.807) is 0 Å². The van der Waals surface area contributed by atoms with Crippen molar-refractivity contribution in [2.75, 3.05) is 26.2 Å². The molecule has 1 unspecified atom stereocenters. The molecule has 2 aliphatic rings. The molecule has 4 nitrogen and oxygen atoms in total. The van der Waals surface area contributed by atoms with Gasteiger partial charge < -0.3 is 10.1 Å². The van der Waals surface area contributed by atoms with E-state index in [9.17, 15) is 4.79 Å². The monoisotopic (exact) mass is 274 g/mol. The molecule has 1 aromatic carbocycles. The highest BCUT2D eigenvalue weighted by molar-refractivity contribution is 5.79. The second-order valence-electron chi connectivity index (χ2n) is 5.73. The Kier molecular flexibility index (Phi) is 4.21. The number of nitrogens with zero attached hydrogens (tertiary/aromatic N) is 1. The summed E-state index contributed by atoms with van der Waals surface area (Å²) in [5.41, 5.74) is 0. The molecule has 1 aromatic rings. The van der Waals surface area contributed by atoms with Crippen LogP contribution < -0.4 is 10.1 Å². The van der Waals surface area contributed by atoms with Gasteiger partial charge in [0, 0.05) is 19.1 Å². The first-order valence-electron chi connectivity index (χ1n) is 7.52. The predicted octanol–water partition coefficient (Wildman–Crippen LogP) is 1.67. The summed E-state index contributed by atoms with van der Waals surface area (Å²) in [4.78, 5) is 14.3. The zero-order valence-electron chi connectivity index (χ0n) is 11.8. The van der Waals surface area contributed by atoms with Gasteiger partial charge in [0.1, 0.15) is 12.4 Å². The summed E-state index contributed by atoms with van der Waals surface area (Å²) in [7, 11) is 0. The lowest BCUT2D eigenvalue weighted by atomic mass is 10.1. The molecular formula is C16H22N2O2. The fourth-order valence-corrected chi connectivity index (χ4v) is 2.61. The molecule has 1 aliphatic carbocycles. The Hall–Kier alpha value is -1.55. The number of rotatable bonds is 6. The van der Waals surface area contributed by atoms with E-state index in [1.165, 1.54) is 0 Å². The maximum atomic E-state index is 12.0. The molecule has 20 heavy (non-hydrogen) atoms. The van der Waals surface area contributed by atoms with E-state index in [2.05, 4.69) is 10.2 Å². The van der Waals surface area contributed by atoms with Crippen molar-refractivity contribution in [2.24, 2.45) is 5.92 Å². The number of carbonyl (C=O) groups excluding carboxylic acids is 1. The van der Waals surface area contributed by atoms with Gasteiger partial charge in [0.05, 0.1) is 5.92 Å². The van der Waals surface area contributed by atoms with Crippen LogP contribution in [-0.2, 0) is 4.79 Å². The third-order valence-electron chi connectivity index (χ3n) is 3.99. The first-order chi connectivity index (χ1) is 9.81. The van der Waals surface area contributed by atoms with Crippen molar-refractivity contribution in [3.8, 4) is 5.75 Å². The first-order valence-corrected chi connectivity index (χ1v) is 7.52. The summed E-state index contributed by atoms with van der Waals surface area (Å²) >= 11 is 0. The molecule has 4 heteroatoms. The van der Waals surface area contributed by atoms with Crippen molar-refractivity contribution in [3.63, 3.8) is 0 Å². The number of ether oxygens (including phenoxy) is 1. The standard InChI is InChI=1S/C16H22N2O2/c19-16(17-14-6-7-14)13-8-9-18(12-13)10-11-20-15-4-2-1-3-5-15/h1-5,13-14H,6-12H2,(H,17,19). The fourth-order valence-electron chi connectivity index (χ4n) is 2.61. The zero-order chi connectivity index (χ0) is 13.8. The molecule has 1 N–H and O–H groups in total. The fraction of sp³-hybridized carbons (Fsp3) is 0.562. The van der Waals surface area contributed by atoms with Crippen molar-refractivity contribution >= 4 is 5.91 Å². The quantitative estimate of drug-likeness (QED) is 0.858. The van der Waals surface area contributed by atoms with Crippen LogP contribution in [0.2, 0.25) is 0 Å². The Morgan fingerprint density at radius 3 is 2.80 bits per heavy atom. The van der Waals surface area contributed by atoms with Gasteiger partial charge in [0.15, 0.2) is 0 Å². The predicted molar refractivity (Wildman–Crippen MR) is 77.6 cm³/mol. The van der Waals surface area contributed by atoms with Gasteiger partial charge in [-0.3, -0.25) is 9.69 Å². The highest BCUT2D eigenvalue weighted by Gasteiger charge is 2.31. The molecule has 1 saturated heterocycles. The second-order valence-corrected chi connectivity index (χ2v) is 5.73. The minimum Gasteiger partial charge on any atom is -0.492 e. The zero-order valence-corrected chi connectivity index (χ0v) is 11.8. The summed E-state index contributed by atoms with van der Waals surface area (Å²) < 4.78 is 5.70. The lowest BCUT2D eigenvalue weighted by molar-refractivity contribution is -0.124. The maximum Gasteiger partial charge on any atom is 0.224 e. The van der Waals surface area contributed by atoms with E-state index >= 15 is 0 Å². The van der Waals surface area contributed by atoms with Crippen molar-refractivity contribution in [1.82, 2.24) is 10.2 Å². The first kappa shape index (κ1) is 13.4. The molecule has 1 aliphatic heterocycles. The number of para-hydroxylation sites is 1. The van der Waals surface area contributed by atoms with Gasteiger partial charge in [-0.2, -0.15) is 0 Å². The number of hydrogen-bond acceptors (Lipinski definition) is 3. The smallest absolute Gasteiger partial charge is 0.224 e. The van der Waals surface area contributed by atoms with Gasteiger partial charge in [0.2, 0.25) is 5.91 Å². The average Bonchev–Trinajstić information content (AvgIpc) is 3.15. The Morgan fingerprint density at radius 1 is 1.25 bits per heavy atom. The van der Waals surface area contributed by atoms with Crippen LogP contribution in [0.1, 0.15) is 19.3 Å². The van der Waals surface area contributed by atoms with Crippen LogP contribution in [-0.4, -0.2) is 43.1 Å². The van der Waals surface area contributed by atoms with Crippen LogP contribution in [0, 0.1) is 5.92 Å². The third-order valence-corrected chi connectivity index (χ3v) is 3.99. The number of hydrogen-bond donors (Lipinski definition) is 1. The van der Waals surface area contributed by atoms with E-state index < -0.39 is 0 Å². The van der Waals surface area contributed by atoms with Crippen LogP contribution in [0.25, 0.3) is 0 Å². The van der Waals surface area contributed by atoms with Crippen LogP contribution in [0.3, 0.4) is 0 Å². The molecule has 1 amide bonds. The van der Waals surface area contributed by atoms with Crippen molar-refractivity contribution in [1.29, 1.82) is 0 Å². The van der Waals surface area contributed by atoms with E-state index in [1.807, 2.05) is 30.3 Å². The van der Waals surface area contributed by atoms with Crippen molar-refractivity contribution < 1.29 is 9.53 Å². The topological polar surface area (TPSA) is 41.6 Å². The highest BCUT2D eigenvalue weighted by Crippen LogP contribution is 2.22. The van der Waals surface area contributed by atoms with Gasteiger partial charge in [0.25, 0.3) is 0 Å². The lowest BCUT2D eigenvalue weighted by Gasteiger charge is -2.16. The van der Waals surface area contributed by atoms with Gasteiger partial charge in [-0.15, -0.1) is 0 Å². The number of carbonyl (C=O) groups is 1. The lowest BCUT2D eigenvalue weighted by Crippen LogP contribution is -2.34. The number of nitrogens with one attached hydrogen (secondary N) is 1. The van der Waals surface area contributed by atoms with E-state index in [0.29, 0.717) is 12.6 Å². The normalized spacial score (nSPS) is 22.7. The maximum absolute atomic E-state index is 12.0. The van der Waals surface area contributed by atoms with Gasteiger partial charge >= 0.3 is 0 Å². The van der Waals surface area contributed by atoms with Crippen LogP contribution in [0.4, 0.5) is 0 Å². The summed E-state index contributed by atoms with van der Waals surface area (Å²) in [5, 5.41) is 3.10. The molecule has 0 radical (unpaired) electrons. The summed E-state index contributed by atoms with van der Waals surface area (Å²) in [5.74, 6) is 1.33. The number of likely N-dealkylation sites (tertiary alicyclic amines) is 1. The molecular weight excluding hydrogens is 252 g/mol. The third kappa shape index (κ3) is 3.73. The van der Waals surface area contributed by atoms with Crippen molar-refractivity contribution in [2.45, 2.75) is 25.3 Å². The summed E-state index contributed by atoms with van der Waals surface area (Å²) in [6.45, 7) is 3.45. The van der Waals surface area contributed by atoms with Gasteiger partial charge in [-0.1, -0.05) is 18.2 Å². The van der Waals surface area contributed by atoms with Gasteiger partial charge in [-0.05, 0) is 37.9 Å². The molecule has 1 atom stereocenters. The molecule has 0 spiro atoms. The van der Waals surface area contributed by atoms with Crippen LogP contribution in [0.5, 0.6) is 5.75 Å². The Labute approximate surface area is 120 Å². The largest absolute Gasteiger partial charge is 0.492 e. The molecule has 0 aromatic heterocycles. The number of benzene rings is 1. The Bertz CT molecular complexity index is 445. The molecule has 2 fully saturated rings.